The summed E-state index contributed by atoms with van der Waals surface area (Å²) in [5.41, 5.74) is 1.99. The van der Waals surface area contributed by atoms with Crippen LogP contribution in [0.15, 0.2) is 36.5 Å². The number of rotatable bonds is 4. The first kappa shape index (κ1) is 13.7. The fraction of sp³-hybridized carbons (Fsp3) is 0.455. The van der Waals surface area contributed by atoms with Crippen LogP contribution < -0.4 is 0 Å². The van der Waals surface area contributed by atoms with Gasteiger partial charge in [0.25, 0.3) is 0 Å². The molecule has 0 aromatic carbocycles. The van der Waals surface area contributed by atoms with Crippen LogP contribution in [0.25, 0.3) is 0 Å². The van der Waals surface area contributed by atoms with E-state index >= 15 is 0 Å². The van der Waals surface area contributed by atoms with Gasteiger partial charge in [0.05, 0.1) is 6.61 Å². The average Bonchev–Trinajstić information content (AvgIpc) is 2.05. The van der Waals surface area contributed by atoms with E-state index in [2.05, 4.69) is 13.2 Å². The van der Waals surface area contributed by atoms with Crippen molar-refractivity contribution in [3.05, 3.63) is 36.5 Å². The molecular weight excluding hydrogens is 148 g/mol. The molecule has 0 heterocycles. The van der Waals surface area contributed by atoms with E-state index in [0.717, 1.165) is 11.1 Å². The minimum Gasteiger partial charge on any atom is -0.380 e. The Labute approximate surface area is 76.4 Å². The molecule has 0 unspecified atom stereocenters. The highest BCUT2D eigenvalue weighted by molar-refractivity contribution is 5.22. The first-order valence-corrected chi connectivity index (χ1v) is 4.17. The molecule has 1 nitrogen and oxygen atoms in total. The lowest BCUT2D eigenvalue weighted by atomic mass is 10.2. The monoisotopic (exact) mass is 168 g/mol. The Morgan fingerprint density at radius 3 is 2.08 bits per heavy atom. The minimum atomic E-state index is 0.587. The molecule has 0 radical (unpaired) electrons. The molecule has 0 bridgehead atoms. The molecule has 0 aromatic rings. The number of hydrogen-bond donors (Lipinski definition) is 0. The van der Waals surface area contributed by atoms with Gasteiger partial charge in [0.15, 0.2) is 0 Å². The van der Waals surface area contributed by atoms with Crippen LogP contribution in [0.1, 0.15) is 20.8 Å². The van der Waals surface area contributed by atoms with Crippen molar-refractivity contribution in [3.63, 3.8) is 0 Å². The second kappa shape index (κ2) is 10.2. The predicted octanol–water partition coefficient (Wildman–Crippen LogP) is 3.35. The number of methoxy groups -OCH3 is 1. The maximum Gasteiger partial charge on any atom is 0.0707 e. The zero-order chi connectivity index (χ0) is 9.98. The summed E-state index contributed by atoms with van der Waals surface area (Å²) in [7, 11) is 1.65. The van der Waals surface area contributed by atoms with Crippen LogP contribution in [-0.2, 0) is 4.74 Å². The third-order valence-electron chi connectivity index (χ3n) is 0.933. The van der Waals surface area contributed by atoms with Crippen LogP contribution in [0.5, 0.6) is 0 Å². The van der Waals surface area contributed by atoms with Crippen molar-refractivity contribution in [2.75, 3.05) is 13.7 Å². The van der Waals surface area contributed by atoms with Crippen molar-refractivity contribution >= 4 is 0 Å². The summed E-state index contributed by atoms with van der Waals surface area (Å²) in [5.74, 6) is 0. The van der Waals surface area contributed by atoms with Gasteiger partial charge in [0.2, 0.25) is 0 Å². The maximum atomic E-state index is 4.86. The van der Waals surface area contributed by atoms with E-state index in [0.29, 0.717) is 6.61 Å². The van der Waals surface area contributed by atoms with Crippen LogP contribution in [-0.4, -0.2) is 13.7 Å². The van der Waals surface area contributed by atoms with Crippen LogP contribution in [0.2, 0.25) is 0 Å². The summed E-state index contributed by atoms with van der Waals surface area (Å²) >= 11 is 0. The minimum absolute atomic E-state index is 0.587. The van der Waals surface area contributed by atoms with Crippen LogP contribution >= 0.6 is 0 Å². The van der Waals surface area contributed by atoms with Crippen molar-refractivity contribution < 1.29 is 4.74 Å². The van der Waals surface area contributed by atoms with Crippen molar-refractivity contribution in [2.45, 2.75) is 20.8 Å². The number of allylic oxidation sites excluding steroid dienone is 2. The molecule has 0 aromatic heterocycles. The van der Waals surface area contributed by atoms with E-state index in [1.807, 2.05) is 32.9 Å². The Bertz CT molecular complexity index is 154. The molecule has 0 atom stereocenters. The fourth-order valence-electron chi connectivity index (χ4n) is 0.494. The van der Waals surface area contributed by atoms with E-state index in [1.165, 1.54) is 0 Å². The molecular formula is C11H20O. The molecule has 0 amide bonds. The summed E-state index contributed by atoms with van der Waals surface area (Å²) in [6, 6.07) is 0. The Morgan fingerprint density at radius 2 is 1.75 bits per heavy atom. The van der Waals surface area contributed by atoms with Gasteiger partial charge >= 0.3 is 0 Å². The first-order valence-electron chi connectivity index (χ1n) is 4.17. The molecule has 0 spiro atoms. The molecule has 0 aliphatic carbocycles. The van der Waals surface area contributed by atoms with Gasteiger partial charge in [-0.2, -0.15) is 0 Å². The molecule has 0 N–H and O–H groups in total. The summed E-state index contributed by atoms with van der Waals surface area (Å²) in [6.45, 7) is 14.0. The Morgan fingerprint density at radius 1 is 1.25 bits per heavy atom. The van der Waals surface area contributed by atoms with Gasteiger partial charge in [0, 0.05) is 7.11 Å². The standard InChI is InChI=1S/C9H14O.C2H6/c1-8(2)5-6-9(3)7-10-4;1-2/h5-6H,1,3,7H2,2,4H3;1-2H3/b6-5-;. The molecule has 1 heteroatoms. The lowest BCUT2D eigenvalue weighted by Gasteiger charge is -1.95. The Hall–Kier alpha value is -0.820. The van der Waals surface area contributed by atoms with E-state index < -0.39 is 0 Å². The van der Waals surface area contributed by atoms with Gasteiger partial charge in [-0.25, -0.2) is 0 Å². The van der Waals surface area contributed by atoms with E-state index in [9.17, 15) is 0 Å². The zero-order valence-corrected chi connectivity index (χ0v) is 8.68. The van der Waals surface area contributed by atoms with Gasteiger partial charge in [-0.15, -0.1) is 0 Å². The van der Waals surface area contributed by atoms with Crippen molar-refractivity contribution in [2.24, 2.45) is 0 Å². The number of ether oxygens (including phenoxy) is 1. The summed E-state index contributed by atoms with van der Waals surface area (Å²) < 4.78 is 4.86. The molecule has 0 aliphatic rings. The van der Waals surface area contributed by atoms with Crippen LogP contribution in [0.3, 0.4) is 0 Å². The lowest BCUT2D eigenvalue weighted by Crippen LogP contribution is -1.88. The lowest BCUT2D eigenvalue weighted by molar-refractivity contribution is 0.228. The molecule has 0 aliphatic heterocycles. The fourth-order valence-corrected chi connectivity index (χ4v) is 0.494. The van der Waals surface area contributed by atoms with Crippen LogP contribution in [0.4, 0.5) is 0 Å². The molecule has 70 valence electrons. The van der Waals surface area contributed by atoms with E-state index in [4.69, 9.17) is 4.74 Å². The third kappa shape index (κ3) is 11.9. The van der Waals surface area contributed by atoms with Crippen molar-refractivity contribution in [1.29, 1.82) is 0 Å². The number of hydrogen-bond acceptors (Lipinski definition) is 1. The second-order valence-corrected chi connectivity index (χ2v) is 2.27. The highest BCUT2D eigenvalue weighted by atomic mass is 16.5. The van der Waals surface area contributed by atoms with E-state index in [1.54, 1.807) is 7.11 Å². The quantitative estimate of drug-likeness (QED) is 0.585. The van der Waals surface area contributed by atoms with Gasteiger partial charge < -0.3 is 4.74 Å². The van der Waals surface area contributed by atoms with Gasteiger partial charge in [-0.3, -0.25) is 0 Å². The largest absolute Gasteiger partial charge is 0.380 e. The van der Waals surface area contributed by atoms with Crippen LogP contribution in [0, 0.1) is 0 Å². The Kier molecular flexibility index (Phi) is 11.7. The van der Waals surface area contributed by atoms with E-state index in [-0.39, 0.29) is 0 Å². The maximum absolute atomic E-state index is 4.86. The topological polar surface area (TPSA) is 9.23 Å². The van der Waals surface area contributed by atoms with Gasteiger partial charge in [0.1, 0.15) is 0 Å². The summed E-state index contributed by atoms with van der Waals surface area (Å²) in [5, 5.41) is 0. The normalized spacial score (nSPS) is 9.00. The SMILES string of the molecule is C=C(C)/C=C\C(=C)COC.CC. The average molecular weight is 168 g/mol. The van der Waals surface area contributed by atoms with Gasteiger partial charge in [-0.05, 0) is 12.5 Å². The zero-order valence-electron chi connectivity index (χ0n) is 8.68. The van der Waals surface area contributed by atoms with Gasteiger partial charge in [-0.1, -0.05) is 44.7 Å². The molecule has 0 saturated heterocycles. The highest BCUT2D eigenvalue weighted by Gasteiger charge is 1.83. The summed E-state index contributed by atoms with van der Waals surface area (Å²) in [4.78, 5) is 0. The molecule has 12 heavy (non-hydrogen) atoms. The summed E-state index contributed by atoms with van der Waals surface area (Å²) in [6.07, 6.45) is 3.83. The second-order valence-electron chi connectivity index (χ2n) is 2.27. The first-order chi connectivity index (χ1) is 5.66. The third-order valence-corrected chi connectivity index (χ3v) is 0.933. The smallest absolute Gasteiger partial charge is 0.0707 e. The van der Waals surface area contributed by atoms with Crippen molar-refractivity contribution in [1.82, 2.24) is 0 Å². The molecule has 0 saturated carbocycles. The van der Waals surface area contributed by atoms with Crippen molar-refractivity contribution in [3.8, 4) is 0 Å². The highest BCUT2D eigenvalue weighted by Crippen LogP contribution is 1.96. The predicted molar refractivity (Wildman–Crippen MR) is 56.3 cm³/mol. The Balaban J connectivity index is 0. The molecule has 0 rings (SSSR count). The molecule has 0 fully saturated rings.